The normalized spacial score (nSPS) is 12.7. The second-order valence-corrected chi connectivity index (χ2v) is 16.8. The molecule has 0 aromatic rings. The molecule has 6 heteroatoms. The molecular weight excluding hydrogens is 683 g/mol. The first-order chi connectivity index (χ1) is 27.0. The van der Waals surface area contributed by atoms with Crippen molar-refractivity contribution in [1.29, 1.82) is 0 Å². The zero-order valence-corrected chi connectivity index (χ0v) is 36.9. The highest BCUT2D eigenvalue weighted by Gasteiger charge is 2.20. The lowest BCUT2D eigenvalue weighted by Gasteiger charge is -2.22. The highest BCUT2D eigenvalue weighted by Crippen LogP contribution is 2.16. The fraction of sp³-hybridized carbons (Fsp3) is 0.918. The van der Waals surface area contributed by atoms with Crippen LogP contribution in [0.3, 0.4) is 0 Å². The molecule has 2 atom stereocenters. The topological polar surface area (TPSA) is 95.9 Å². The maximum absolute atomic E-state index is 12.4. The first-order valence-corrected chi connectivity index (χ1v) is 24.4. The summed E-state index contributed by atoms with van der Waals surface area (Å²) in [6, 6.07) is -0.564. The Morgan fingerprint density at radius 3 is 1.29 bits per heavy atom. The van der Waals surface area contributed by atoms with Crippen LogP contribution in [0.4, 0.5) is 0 Å². The van der Waals surface area contributed by atoms with E-state index >= 15 is 0 Å². The van der Waals surface area contributed by atoms with Crippen LogP contribution in [0.25, 0.3) is 0 Å². The van der Waals surface area contributed by atoms with Gasteiger partial charge in [-0.1, -0.05) is 212 Å². The van der Waals surface area contributed by atoms with Crippen molar-refractivity contribution in [1.82, 2.24) is 5.32 Å². The lowest BCUT2D eigenvalue weighted by Crippen LogP contribution is -2.45. The van der Waals surface area contributed by atoms with Crippen molar-refractivity contribution in [2.45, 2.75) is 276 Å². The summed E-state index contributed by atoms with van der Waals surface area (Å²) in [5.41, 5.74) is 0. The van der Waals surface area contributed by atoms with E-state index in [1.54, 1.807) is 0 Å². The molecule has 1 amide bonds. The molecular formula is C49H95NO5. The van der Waals surface area contributed by atoms with Crippen LogP contribution < -0.4 is 5.32 Å². The van der Waals surface area contributed by atoms with Gasteiger partial charge in [-0.15, -0.1) is 0 Å². The van der Waals surface area contributed by atoms with Gasteiger partial charge < -0.3 is 20.3 Å². The van der Waals surface area contributed by atoms with Crippen LogP contribution in [0.1, 0.15) is 264 Å². The zero-order chi connectivity index (χ0) is 40.1. The van der Waals surface area contributed by atoms with Gasteiger partial charge in [-0.25, -0.2) is 0 Å². The molecule has 0 aliphatic carbocycles. The summed E-state index contributed by atoms with van der Waals surface area (Å²) >= 11 is 0. The predicted octanol–water partition coefficient (Wildman–Crippen LogP) is 14.2. The largest absolute Gasteiger partial charge is 0.466 e. The van der Waals surface area contributed by atoms with Crippen LogP contribution >= 0.6 is 0 Å². The molecule has 6 nitrogen and oxygen atoms in total. The first-order valence-electron chi connectivity index (χ1n) is 24.4. The Labute approximate surface area is 342 Å². The van der Waals surface area contributed by atoms with Gasteiger partial charge in [0.15, 0.2) is 0 Å². The minimum Gasteiger partial charge on any atom is -0.466 e. The molecule has 55 heavy (non-hydrogen) atoms. The summed E-state index contributed by atoms with van der Waals surface area (Å²) in [6.07, 6.45) is 50.4. The van der Waals surface area contributed by atoms with Gasteiger partial charge in [0.2, 0.25) is 5.91 Å². The molecule has 0 aromatic heterocycles. The summed E-state index contributed by atoms with van der Waals surface area (Å²) in [5.74, 6) is -0.104. The maximum atomic E-state index is 12.4. The fourth-order valence-corrected chi connectivity index (χ4v) is 7.51. The number of aliphatic hydroxyl groups is 2. The second-order valence-electron chi connectivity index (χ2n) is 16.8. The summed E-state index contributed by atoms with van der Waals surface area (Å²) < 4.78 is 5.43. The van der Waals surface area contributed by atoms with Crippen molar-refractivity contribution < 1.29 is 24.5 Å². The van der Waals surface area contributed by atoms with Crippen molar-refractivity contribution in [3.05, 3.63) is 12.2 Å². The Morgan fingerprint density at radius 1 is 0.491 bits per heavy atom. The van der Waals surface area contributed by atoms with Gasteiger partial charge in [-0.2, -0.15) is 0 Å². The van der Waals surface area contributed by atoms with E-state index in [4.69, 9.17) is 4.74 Å². The monoisotopic (exact) mass is 778 g/mol. The van der Waals surface area contributed by atoms with Gasteiger partial charge >= 0.3 is 5.97 Å². The number of hydrogen-bond donors (Lipinski definition) is 3. The third-order valence-electron chi connectivity index (χ3n) is 11.3. The number of amides is 1. The summed E-state index contributed by atoms with van der Waals surface area (Å²) in [5, 5.41) is 23.1. The van der Waals surface area contributed by atoms with E-state index in [0.29, 0.717) is 25.9 Å². The van der Waals surface area contributed by atoms with E-state index < -0.39 is 12.1 Å². The molecule has 3 N–H and O–H groups in total. The van der Waals surface area contributed by atoms with Crippen LogP contribution in [0, 0.1) is 0 Å². The van der Waals surface area contributed by atoms with E-state index in [9.17, 15) is 19.8 Å². The Morgan fingerprint density at radius 2 is 0.855 bits per heavy atom. The summed E-state index contributed by atoms with van der Waals surface area (Å²) in [7, 11) is 0. The second kappa shape index (κ2) is 45.3. The summed E-state index contributed by atoms with van der Waals surface area (Å²) in [6.45, 7) is 4.86. The molecule has 0 saturated heterocycles. The Kier molecular flexibility index (Phi) is 44.2. The Balaban J connectivity index is 3.50. The van der Waals surface area contributed by atoms with Crippen LogP contribution in [0.5, 0.6) is 0 Å². The number of rotatable bonds is 45. The van der Waals surface area contributed by atoms with E-state index in [1.807, 2.05) is 0 Å². The van der Waals surface area contributed by atoms with Crippen LogP contribution in [0.15, 0.2) is 12.2 Å². The maximum Gasteiger partial charge on any atom is 0.305 e. The molecule has 0 heterocycles. The quantitative estimate of drug-likeness (QED) is 0.0325. The number of carbonyl (C=O) groups is 2. The van der Waals surface area contributed by atoms with Crippen molar-refractivity contribution in [3.63, 3.8) is 0 Å². The number of hydrogen-bond acceptors (Lipinski definition) is 5. The SMILES string of the molecule is CCCCCCCCCCCCCCCCCCC(=O)OCCCC/C=C\CCCCCCC(=O)NC(CO)C(O)CCCCCCCCCCCCCC. The molecule has 0 rings (SSSR count). The lowest BCUT2D eigenvalue weighted by atomic mass is 10.0. The van der Waals surface area contributed by atoms with Crippen LogP contribution in [-0.4, -0.2) is 47.4 Å². The highest BCUT2D eigenvalue weighted by atomic mass is 16.5. The van der Waals surface area contributed by atoms with Crippen molar-refractivity contribution >= 4 is 11.9 Å². The summed E-state index contributed by atoms with van der Waals surface area (Å²) in [4.78, 5) is 24.4. The lowest BCUT2D eigenvalue weighted by molar-refractivity contribution is -0.143. The third kappa shape index (κ3) is 42.0. The number of nitrogens with one attached hydrogen (secondary N) is 1. The minimum atomic E-state index is -0.683. The Hall–Kier alpha value is -1.40. The van der Waals surface area contributed by atoms with E-state index in [-0.39, 0.29) is 18.5 Å². The van der Waals surface area contributed by atoms with Crippen molar-refractivity contribution in [2.75, 3.05) is 13.2 Å². The van der Waals surface area contributed by atoms with E-state index in [2.05, 4.69) is 31.3 Å². The highest BCUT2D eigenvalue weighted by molar-refractivity contribution is 5.76. The molecule has 0 radical (unpaired) electrons. The molecule has 0 saturated carbocycles. The zero-order valence-electron chi connectivity index (χ0n) is 36.9. The molecule has 326 valence electrons. The fourth-order valence-electron chi connectivity index (χ4n) is 7.51. The molecule has 2 unspecified atom stereocenters. The average molecular weight is 778 g/mol. The number of esters is 1. The van der Waals surface area contributed by atoms with Gasteiger partial charge in [-0.05, 0) is 51.4 Å². The van der Waals surface area contributed by atoms with Gasteiger partial charge in [0.1, 0.15) is 0 Å². The van der Waals surface area contributed by atoms with E-state index in [0.717, 1.165) is 77.0 Å². The van der Waals surface area contributed by atoms with Gasteiger partial charge in [0.05, 0.1) is 25.4 Å². The molecule has 0 spiro atoms. The van der Waals surface area contributed by atoms with Crippen molar-refractivity contribution in [2.24, 2.45) is 0 Å². The number of unbranched alkanes of at least 4 members (excludes halogenated alkanes) is 32. The van der Waals surface area contributed by atoms with Gasteiger partial charge in [0.25, 0.3) is 0 Å². The molecule has 0 fully saturated rings. The number of aliphatic hydroxyl groups excluding tert-OH is 2. The van der Waals surface area contributed by atoms with Crippen LogP contribution in [-0.2, 0) is 14.3 Å². The first kappa shape index (κ1) is 53.6. The van der Waals surface area contributed by atoms with Crippen LogP contribution in [0.2, 0.25) is 0 Å². The third-order valence-corrected chi connectivity index (χ3v) is 11.3. The number of carbonyl (C=O) groups excluding carboxylic acids is 2. The standard InChI is InChI=1S/C49H95NO5/c1-3-5-7-9-11-13-15-17-18-19-20-22-27-31-35-39-43-49(54)55-44-40-36-32-28-24-23-26-30-34-38-42-48(53)50-46(45-51)47(52)41-37-33-29-25-21-16-14-12-10-8-6-4-2/h24,28,46-47,51-52H,3-23,25-27,29-45H2,1-2H3,(H,50,53)/b28-24-. The molecule has 0 aliphatic heterocycles. The molecule has 0 aromatic carbocycles. The Bertz CT molecular complexity index is 817. The average Bonchev–Trinajstić information content (AvgIpc) is 3.18. The van der Waals surface area contributed by atoms with Gasteiger partial charge in [0, 0.05) is 12.8 Å². The molecule has 0 aliphatic rings. The smallest absolute Gasteiger partial charge is 0.305 e. The predicted molar refractivity (Wildman–Crippen MR) is 237 cm³/mol. The van der Waals surface area contributed by atoms with E-state index in [1.165, 1.54) is 154 Å². The number of allylic oxidation sites excluding steroid dienone is 2. The van der Waals surface area contributed by atoms with Crippen molar-refractivity contribution in [3.8, 4) is 0 Å². The number of ether oxygens (including phenoxy) is 1. The molecule has 0 bridgehead atoms. The van der Waals surface area contributed by atoms with Gasteiger partial charge in [-0.3, -0.25) is 9.59 Å². The minimum absolute atomic E-state index is 0.0331.